The number of methoxy groups -OCH3 is 1. The zero-order chi connectivity index (χ0) is 23.3. The van der Waals surface area contributed by atoms with Crippen LogP contribution in [0.25, 0.3) is 0 Å². The number of fused-ring (bicyclic) bond motifs is 1. The largest absolute Gasteiger partial charge is 0.507 e. The number of dihydropyridines is 1. The quantitative estimate of drug-likeness (QED) is 0.426. The monoisotopic (exact) mass is 438 g/mol. The first-order chi connectivity index (χ1) is 15.2. The van der Waals surface area contributed by atoms with E-state index >= 15 is 0 Å². The number of hydrogen-bond donors (Lipinski definition) is 3. The van der Waals surface area contributed by atoms with Crippen molar-refractivity contribution in [1.82, 2.24) is 5.48 Å². The Kier molecular flexibility index (Phi) is 7.45. The van der Waals surface area contributed by atoms with Crippen LogP contribution in [0.2, 0.25) is 0 Å². The third-order valence-corrected chi connectivity index (χ3v) is 5.25. The standard InChI is InChI=1S/C25H30N2O5/c1-16-5-7-17(8-6-16)9-18-10-20-19(14-32-27-25(2,3)15-28)11-21(24(30)31-4)23(29)12-22(20)26-13-18/h5-8,10-13,22,27-29H,9,14-15H2,1-4H3. The summed E-state index contributed by atoms with van der Waals surface area (Å²) in [6, 6.07) is 7.86. The third kappa shape index (κ3) is 5.82. The predicted molar refractivity (Wildman–Crippen MR) is 123 cm³/mol. The number of benzene rings is 1. The molecule has 0 fully saturated rings. The minimum atomic E-state index is -0.646. The Bertz CT molecular complexity index is 1010. The average Bonchev–Trinajstić information content (AvgIpc) is 2.91. The Labute approximate surface area is 188 Å². The molecule has 0 bridgehead atoms. The van der Waals surface area contributed by atoms with Gasteiger partial charge in [0.25, 0.3) is 0 Å². The Morgan fingerprint density at radius 1 is 1.22 bits per heavy atom. The fourth-order valence-electron chi connectivity index (χ4n) is 3.34. The van der Waals surface area contributed by atoms with E-state index in [0.29, 0.717) is 12.0 Å². The van der Waals surface area contributed by atoms with Crippen LogP contribution in [-0.2, 0) is 20.8 Å². The maximum Gasteiger partial charge on any atom is 0.341 e. The molecule has 0 amide bonds. The minimum Gasteiger partial charge on any atom is -0.507 e. The Hall–Kier alpha value is -3.00. The van der Waals surface area contributed by atoms with Gasteiger partial charge in [0.1, 0.15) is 11.3 Å². The van der Waals surface area contributed by atoms with Gasteiger partial charge in [-0.15, -0.1) is 0 Å². The first-order valence-corrected chi connectivity index (χ1v) is 10.5. The number of nitrogens with zero attached hydrogens (tertiary/aromatic N) is 1. The molecule has 1 aromatic rings. The number of aliphatic hydroxyl groups excluding tert-OH is 2. The summed E-state index contributed by atoms with van der Waals surface area (Å²) in [7, 11) is 1.26. The number of aliphatic hydroxyl groups is 2. The summed E-state index contributed by atoms with van der Waals surface area (Å²) in [5.74, 6) is -0.836. The molecule has 1 aromatic carbocycles. The third-order valence-electron chi connectivity index (χ3n) is 5.25. The Morgan fingerprint density at radius 2 is 1.94 bits per heavy atom. The van der Waals surface area contributed by atoms with Crippen LogP contribution in [0.3, 0.4) is 0 Å². The summed E-state index contributed by atoms with van der Waals surface area (Å²) in [5, 5.41) is 19.9. The number of ether oxygens (including phenoxy) is 1. The molecule has 0 saturated carbocycles. The fraction of sp³-hybridized carbons (Fsp3) is 0.360. The van der Waals surface area contributed by atoms with E-state index < -0.39 is 17.6 Å². The maximum absolute atomic E-state index is 12.2. The molecule has 2 aliphatic rings. The molecular weight excluding hydrogens is 408 g/mol. The zero-order valence-corrected chi connectivity index (χ0v) is 18.9. The lowest BCUT2D eigenvalue weighted by Crippen LogP contribution is -2.42. The highest BCUT2D eigenvalue weighted by Gasteiger charge is 2.26. The first kappa shape index (κ1) is 23.7. The Morgan fingerprint density at radius 3 is 2.59 bits per heavy atom. The second-order valence-electron chi connectivity index (χ2n) is 8.62. The highest BCUT2D eigenvalue weighted by molar-refractivity contribution is 5.94. The van der Waals surface area contributed by atoms with Gasteiger partial charge in [0.2, 0.25) is 0 Å². The topological polar surface area (TPSA) is 100 Å². The normalized spacial score (nSPS) is 18.4. The Balaban J connectivity index is 1.96. The molecule has 32 heavy (non-hydrogen) atoms. The second-order valence-corrected chi connectivity index (χ2v) is 8.62. The van der Waals surface area contributed by atoms with Crippen molar-refractivity contribution in [1.29, 1.82) is 0 Å². The van der Waals surface area contributed by atoms with Crippen LogP contribution >= 0.6 is 0 Å². The minimum absolute atomic E-state index is 0.0399. The second kappa shape index (κ2) is 10.1. The SMILES string of the molecule is COC(=O)C1=CC(CONC(C)(C)CO)=C2C=C(Cc3ccc(C)cc3)C=NC2C=C1O. The van der Waals surface area contributed by atoms with Gasteiger partial charge in [0.05, 0.1) is 31.9 Å². The molecule has 1 heterocycles. The number of aliphatic imine (C=N–C) groups is 1. The van der Waals surface area contributed by atoms with Gasteiger partial charge in [-0.2, -0.15) is 5.48 Å². The first-order valence-electron chi connectivity index (χ1n) is 10.5. The molecule has 1 aliphatic carbocycles. The molecule has 1 aliphatic heterocycles. The average molecular weight is 439 g/mol. The van der Waals surface area contributed by atoms with E-state index in [0.717, 1.165) is 16.7 Å². The smallest absolute Gasteiger partial charge is 0.341 e. The van der Waals surface area contributed by atoms with Crippen LogP contribution in [0.15, 0.2) is 75.5 Å². The van der Waals surface area contributed by atoms with E-state index in [-0.39, 0.29) is 24.5 Å². The van der Waals surface area contributed by atoms with Crippen molar-refractivity contribution in [2.45, 2.75) is 38.8 Å². The molecule has 3 N–H and O–H groups in total. The summed E-state index contributed by atoms with van der Waals surface area (Å²) in [6.07, 6.45) is 7.63. The number of carbonyl (C=O) groups excluding carboxylic acids is 1. The van der Waals surface area contributed by atoms with Gasteiger partial charge < -0.3 is 14.9 Å². The highest BCUT2D eigenvalue weighted by Crippen LogP contribution is 2.29. The molecule has 170 valence electrons. The van der Waals surface area contributed by atoms with Crippen molar-refractivity contribution in [3.63, 3.8) is 0 Å². The highest BCUT2D eigenvalue weighted by atomic mass is 16.6. The zero-order valence-electron chi connectivity index (χ0n) is 18.9. The lowest BCUT2D eigenvalue weighted by Gasteiger charge is -2.24. The van der Waals surface area contributed by atoms with Gasteiger partial charge in [-0.1, -0.05) is 35.9 Å². The molecule has 7 heteroatoms. The van der Waals surface area contributed by atoms with Crippen molar-refractivity contribution >= 4 is 12.2 Å². The van der Waals surface area contributed by atoms with E-state index in [2.05, 4.69) is 41.7 Å². The molecule has 3 rings (SSSR count). The van der Waals surface area contributed by atoms with Crippen molar-refractivity contribution in [2.75, 3.05) is 20.3 Å². The molecule has 0 spiro atoms. The van der Waals surface area contributed by atoms with Gasteiger partial charge in [0, 0.05) is 6.21 Å². The van der Waals surface area contributed by atoms with Gasteiger partial charge in [-0.3, -0.25) is 9.83 Å². The van der Waals surface area contributed by atoms with Crippen molar-refractivity contribution < 1.29 is 24.6 Å². The number of carbonyl (C=O) groups is 1. The van der Waals surface area contributed by atoms with Gasteiger partial charge >= 0.3 is 5.97 Å². The molecule has 7 nitrogen and oxygen atoms in total. The number of esters is 1. The molecule has 1 atom stereocenters. The molecule has 0 radical (unpaired) electrons. The summed E-state index contributed by atoms with van der Waals surface area (Å²) in [4.78, 5) is 22.5. The van der Waals surface area contributed by atoms with Crippen molar-refractivity contribution in [3.8, 4) is 0 Å². The van der Waals surface area contributed by atoms with Crippen LogP contribution in [0.5, 0.6) is 0 Å². The molecular formula is C25H30N2O5. The summed E-state index contributed by atoms with van der Waals surface area (Å²) in [5.41, 5.74) is 7.10. The lowest BCUT2D eigenvalue weighted by molar-refractivity contribution is -0.136. The van der Waals surface area contributed by atoms with E-state index in [1.54, 1.807) is 26.1 Å². The number of rotatable bonds is 8. The van der Waals surface area contributed by atoms with E-state index in [1.165, 1.54) is 18.7 Å². The van der Waals surface area contributed by atoms with Crippen molar-refractivity contribution in [3.05, 3.63) is 81.7 Å². The molecule has 1 unspecified atom stereocenters. The van der Waals surface area contributed by atoms with Crippen LogP contribution in [-0.4, -0.2) is 54.3 Å². The number of hydroxylamine groups is 1. The van der Waals surface area contributed by atoms with E-state index in [4.69, 9.17) is 9.57 Å². The number of nitrogens with one attached hydrogen (secondary N) is 1. The number of aryl methyl sites for hydroxylation is 1. The van der Waals surface area contributed by atoms with E-state index in [1.807, 2.05) is 6.08 Å². The molecule has 0 aromatic heterocycles. The summed E-state index contributed by atoms with van der Waals surface area (Å²) in [6.45, 7) is 5.63. The lowest BCUT2D eigenvalue weighted by atomic mass is 9.94. The van der Waals surface area contributed by atoms with Crippen LogP contribution < -0.4 is 5.48 Å². The summed E-state index contributed by atoms with van der Waals surface area (Å²) >= 11 is 0. The van der Waals surface area contributed by atoms with Gasteiger partial charge in [-0.25, -0.2) is 4.79 Å². The number of hydrogen-bond acceptors (Lipinski definition) is 7. The van der Waals surface area contributed by atoms with Crippen LogP contribution in [0.4, 0.5) is 0 Å². The van der Waals surface area contributed by atoms with Gasteiger partial charge in [-0.05, 0) is 61.6 Å². The van der Waals surface area contributed by atoms with Crippen LogP contribution in [0, 0.1) is 6.92 Å². The fourth-order valence-corrected chi connectivity index (χ4v) is 3.34. The van der Waals surface area contributed by atoms with Crippen molar-refractivity contribution in [2.24, 2.45) is 4.99 Å². The van der Waals surface area contributed by atoms with Gasteiger partial charge in [0.15, 0.2) is 0 Å². The van der Waals surface area contributed by atoms with E-state index in [9.17, 15) is 15.0 Å². The van der Waals surface area contributed by atoms with Crippen LogP contribution in [0.1, 0.15) is 25.0 Å². The predicted octanol–water partition coefficient (Wildman–Crippen LogP) is 3.06. The molecule has 0 saturated heterocycles. The summed E-state index contributed by atoms with van der Waals surface area (Å²) < 4.78 is 4.83. The maximum atomic E-state index is 12.2. The number of allylic oxidation sites excluding steroid dienone is 1.